The van der Waals surface area contributed by atoms with Gasteiger partial charge in [0.2, 0.25) is 0 Å². The number of nitrogens with one attached hydrogen (secondary N) is 4. The van der Waals surface area contributed by atoms with Crippen LogP contribution in [-0.2, 0) is 9.53 Å². The molecule has 0 radical (unpaired) electrons. The van der Waals surface area contributed by atoms with Crippen molar-refractivity contribution in [3.8, 4) is 11.1 Å². The Morgan fingerprint density at radius 3 is 2.47 bits per heavy atom. The summed E-state index contributed by atoms with van der Waals surface area (Å²) < 4.78 is 5.62. The fraction of sp³-hybridized carbons (Fsp3) is 0.414. The van der Waals surface area contributed by atoms with E-state index in [1.165, 1.54) is 39.4 Å². The van der Waals surface area contributed by atoms with Crippen molar-refractivity contribution < 1.29 is 9.53 Å². The third-order valence-corrected chi connectivity index (χ3v) is 8.83. The van der Waals surface area contributed by atoms with Gasteiger partial charge in [-0.2, -0.15) is 11.1 Å². The lowest BCUT2D eigenvalue weighted by atomic mass is 9.88. The molecule has 0 aromatic heterocycles. The van der Waals surface area contributed by atoms with Crippen molar-refractivity contribution in [1.82, 2.24) is 26.8 Å². The summed E-state index contributed by atoms with van der Waals surface area (Å²) in [5.74, 6) is 0.842. The lowest BCUT2D eigenvalue weighted by Gasteiger charge is -2.34. The minimum absolute atomic E-state index is 0.0192. The van der Waals surface area contributed by atoms with Gasteiger partial charge < -0.3 is 9.64 Å². The number of hydrogen-bond acceptors (Lipinski definition) is 6. The minimum Gasteiger partial charge on any atom is -0.368 e. The molecule has 4 N–H and O–H groups in total. The van der Waals surface area contributed by atoms with E-state index in [1.807, 2.05) is 0 Å². The molecule has 3 heterocycles. The number of piperidine rings is 1. The Morgan fingerprint density at radius 2 is 1.72 bits per heavy atom. The zero-order valence-electron chi connectivity index (χ0n) is 20.4. The standard InChI is InChI=1S/C29H33N5O2/c35-28(26-5-2-16-36-26)34-14-12-29(13-15-34)18-25(29)20-8-6-19(7-9-20)21-10-11-23-22(17-21)3-1-4-24(23)27-30-32-33-31-27/h1,3-4,6-11,17,25-27,30-33H,2,5,12-16,18H2/t25-,26+/m0/s1. The Balaban J connectivity index is 1.03. The Labute approximate surface area is 211 Å². The van der Waals surface area contributed by atoms with Crippen LogP contribution in [0.4, 0.5) is 0 Å². The highest BCUT2D eigenvalue weighted by molar-refractivity contribution is 5.90. The highest BCUT2D eigenvalue weighted by Crippen LogP contribution is 2.65. The number of carbonyl (C=O) groups excluding carboxylic acids is 1. The smallest absolute Gasteiger partial charge is 0.251 e. The number of ether oxygens (including phenoxy) is 1. The molecule has 7 rings (SSSR count). The molecule has 186 valence electrons. The SMILES string of the molecule is O=C([C@H]1CCCO1)N1CCC2(CC1)C[C@H]2c1ccc(-c2ccc3c(C4NNNN4)cccc3c2)cc1. The molecule has 0 bridgehead atoms. The third-order valence-electron chi connectivity index (χ3n) is 8.83. The van der Waals surface area contributed by atoms with E-state index in [2.05, 4.69) is 87.5 Å². The molecular formula is C29H33N5O2. The van der Waals surface area contributed by atoms with Crippen LogP contribution in [0, 0.1) is 5.41 Å². The molecule has 3 saturated heterocycles. The normalized spacial score (nSPS) is 25.6. The number of carbonyl (C=O) groups is 1. The van der Waals surface area contributed by atoms with Gasteiger partial charge in [-0.3, -0.25) is 4.79 Å². The average molecular weight is 484 g/mol. The topological polar surface area (TPSA) is 77.7 Å². The minimum atomic E-state index is -0.187. The summed E-state index contributed by atoms with van der Waals surface area (Å²) in [6.45, 7) is 2.49. The van der Waals surface area contributed by atoms with Crippen molar-refractivity contribution in [3.63, 3.8) is 0 Å². The van der Waals surface area contributed by atoms with Crippen LogP contribution in [0.25, 0.3) is 21.9 Å². The van der Waals surface area contributed by atoms with E-state index in [-0.39, 0.29) is 18.2 Å². The van der Waals surface area contributed by atoms with Crippen molar-refractivity contribution in [2.75, 3.05) is 19.7 Å². The van der Waals surface area contributed by atoms with Crippen LogP contribution >= 0.6 is 0 Å². The number of hydrazine groups is 3. The summed E-state index contributed by atoms with van der Waals surface area (Å²) in [5, 5.41) is 2.47. The molecule has 1 spiro atoms. The highest BCUT2D eigenvalue weighted by Gasteiger charge is 2.55. The summed E-state index contributed by atoms with van der Waals surface area (Å²) in [5.41, 5.74) is 17.7. The molecule has 7 nitrogen and oxygen atoms in total. The fourth-order valence-electron chi connectivity index (χ4n) is 6.58. The highest BCUT2D eigenvalue weighted by atomic mass is 16.5. The maximum Gasteiger partial charge on any atom is 0.251 e. The van der Waals surface area contributed by atoms with Crippen LogP contribution in [0.15, 0.2) is 60.7 Å². The predicted octanol–water partition coefficient (Wildman–Crippen LogP) is 3.90. The van der Waals surface area contributed by atoms with Gasteiger partial charge in [0.15, 0.2) is 0 Å². The van der Waals surface area contributed by atoms with E-state index in [4.69, 9.17) is 4.74 Å². The second kappa shape index (κ2) is 8.94. The molecule has 3 aromatic rings. The number of benzene rings is 3. The molecule has 0 unspecified atom stereocenters. The molecule has 1 aliphatic carbocycles. The van der Waals surface area contributed by atoms with Gasteiger partial charge in [-0.15, -0.1) is 0 Å². The Bertz CT molecular complexity index is 1270. The molecule has 4 fully saturated rings. The summed E-state index contributed by atoms with van der Waals surface area (Å²) >= 11 is 0. The number of rotatable bonds is 4. The monoisotopic (exact) mass is 483 g/mol. The summed E-state index contributed by atoms with van der Waals surface area (Å²) in [7, 11) is 0. The van der Waals surface area contributed by atoms with E-state index < -0.39 is 0 Å². The van der Waals surface area contributed by atoms with Gasteiger partial charge in [-0.1, -0.05) is 54.6 Å². The number of fused-ring (bicyclic) bond motifs is 1. The molecule has 4 aliphatic rings. The van der Waals surface area contributed by atoms with E-state index >= 15 is 0 Å². The quantitative estimate of drug-likeness (QED) is 0.451. The maximum atomic E-state index is 12.7. The van der Waals surface area contributed by atoms with Crippen molar-refractivity contribution in [2.24, 2.45) is 5.41 Å². The van der Waals surface area contributed by atoms with E-state index in [0.29, 0.717) is 11.3 Å². The lowest BCUT2D eigenvalue weighted by Crippen LogP contribution is -2.44. The largest absolute Gasteiger partial charge is 0.368 e. The van der Waals surface area contributed by atoms with E-state index in [1.54, 1.807) is 0 Å². The van der Waals surface area contributed by atoms with Gasteiger partial charge in [0, 0.05) is 19.7 Å². The van der Waals surface area contributed by atoms with Gasteiger partial charge >= 0.3 is 0 Å². The van der Waals surface area contributed by atoms with Gasteiger partial charge in [0.1, 0.15) is 12.3 Å². The second-order valence-corrected chi connectivity index (χ2v) is 10.8. The van der Waals surface area contributed by atoms with Crippen LogP contribution < -0.4 is 21.9 Å². The number of hydrogen-bond donors (Lipinski definition) is 4. The van der Waals surface area contributed by atoms with Gasteiger partial charge in [0.05, 0.1) is 0 Å². The average Bonchev–Trinajstić information content (AvgIpc) is 3.35. The molecule has 3 aromatic carbocycles. The summed E-state index contributed by atoms with van der Waals surface area (Å²) in [6.07, 6.45) is 5.20. The fourth-order valence-corrected chi connectivity index (χ4v) is 6.58. The lowest BCUT2D eigenvalue weighted by molar-refractivity contribution is -0.142. The first-order chi connectivity index (χ1) is 17.7. The number of likely N-dealkylation sites (tertiary alicyclic amines) is 1. The zero-order valence-corrected chi connectivity index (χ0v) is 20.4. The molecule has 36 heavy (non-hydrogen) atoms. The van der Waals surface area contributed by atoms with E-state index in [9.17, 15) is 4.79 Å². The van der Waals surface area contributed by atoms with Crippen molar-refractivity contribution in [2.45, 2.75) is 50.3 Å². The Kier molecular flexibility index (Phi) is 5.56. The number of amides is 1. The summed E-state index contributed by atoms with van der Waals surface area (Å²) in [4.78, 5) is 14.8. The van der Waals surface area contributed by atoms with Crippen molar-refractivity contribution in [3.05, 3.63) is 71.8 Å². The van der Waals surface area contributed by atoms with Crippen LogP contribution in [0.3, 0.4) is 0 Å². The van der Waals surface area contributed by atoms with Crippen LogP contribution in [0.1, 0.15) is 55.3 Å². The molecule has 1 saturated carbocycles. The second-order valence-electron chi connectivity index (χ2n) is 10.8. The Hall–Kier alpha value is -2.81. The molecule has 1 amide bonds. The first kappa shape index (κ1) is 22.4. The van der Waals surface area contributed by atoms with Crippen LogP contribution in [0.2, 0.25) is 0 Å². The molecule has 2 atom stereocenters. The zero-order chi connectivity index (χ0) is 24.1. The van der Waals surface area contributed by atoms with Crippen molar-refractivity contribution >= 4 is 16.7 Å². The molecular weight excluding hydrogens is 450 g/mol. The van der Waals surface area contributed by atoms with Crippen molar-refractivity contribution in [1.29, 1.82) is 0 Å². The Morgan fingerprint density at radius 1 is 0.944 bits per heavy atom. The van der Waals surface area contributed by atoms with Crippen LogP contribution in [-0.4, -0.2) is 36.6 Å². The molecule has 7 heteroatoms. The van der Waals surface area contributed by atoms with Gasteiger partial charge in [0.25, 0.3) is 5.91 Å². The third kappa shape index (κ3) is 3.92. The van der Waals surface area contributed by atoms with E-state index in [0.717, 1.165) is 45.4 Å². The first-order valence-electron chi connectivity index (χ1n) is 13.2. The maximum absolute atomic E-state index is 12.7. The van der Waals surface area contributed by atoms with Gasteiger partial charge in [-0.05, 0) is 82.5 Å². The van der Waals surface area contributed by atoms with Gasteiger partial charge in [-0.25, -0.2) is 10.9 Å². The summed E-state index contributed by atoms with van der Waals surface area (Å²) in [6, 6.07) is 22.3. The predicted molar refractivity (Wildman–Crippen MR) is 139 cm³/mol. The molecule has 3 aliphatic heterocycles. The first-order valence-corrected chi connectivity index (χ1v) is 13.2. The van der Waals surface area contributed by atoms with Crippen LogP contribution in [0.5, 0.6) is 0 Å². The number of nitrogens with zero attached hydrogens (tertiary/aromatic N) is 1.